The molecule has 1 aromatic carbocycles. The number of hydrogen-bond donors (Lipinski definition) is 0. The highest BCUT2D eigenvalue weighted by molar-refractivity contribution is 5.79. The van der Waals surface area contributed by atoms with Gasteiger partial charge < -0.3 is 4.74 Å². The summed E-state index contributed by atoms with van der Waals surface area (Å²) in [6, 6.07) is 8.49. The molecule has 5 heteroatoms. The second-order valence-electron chi connectivity index (χ2n) is 5.83. The number of rotatable bonds is 8. The summed E-state index contributed by atoms with van der Waals surface area (Å²) in [6.07, 6.45) is -2.35. The van der Waals surface area contributed by atoms with Gasteiger partial charge in [-0.15, -0.1) is 0 Å². The van der Waals surface area contributed by atoms with Crippen LogP contribution in [0.3, 0.4) is 0 Å². The summed E-state index contributed by atoms with van der Waals surface area (Å²) in [6.45, 7) is 3.63. The van der Waals surface area contributed by atoms with Crippen molar-refractivity contribution < 1.29 is 22.7 Å². The monoisotopic (exact) mass is 342 g/mol. The molecule has 0 bridgehead atoms. The van der Waals surface area contributed by atoms with Gasteiger partial charge in [-0.05, 0) is 24.0 Å². The second-order valence-corrected chi connectivity index (χ2v) is 5.83. The van der Waals surface area contributed by atoms with E-state index in [2.05, 4.69) is 4.74 Å². The molecular weight excluding hydrogens is 317 g/mol. The van der Waals surface area contributed by atoms with Gasteiger partial charge in [-0.2, -0.15) is 13.2 Å². The molecule has 0 saturated carbocycles. The van der Waals surface area contributed by atoms with E-state index in [1.807, 2.05) is 6.92 Å². The van der Waals surface area contributed by atoms with Crippen molar-refractivity contribution in [2.45, 2.75) is 52.1 Å². The molecule has 0 aliphatic rings. The van der Waals surface area contributed by atoms with Gasteiger partial charge in [0.2, 0.25) is 0 Å². The molecule has 0 heterocycles. The smallest absolute Gasteiger partial charge is 0.399 e. The van der Waals surface area contributed by atoms with Crippen LogP contribution in [0.4, 0.5) is 13.2 Å². The highest BCUT2D eigenvalue weighted by Crippen LogP contribution is 2.54. The molecule has 1 aromatic rings. The Morgan fingerprint density at radius 1 is 1.17 bits per heavy atom. The van der Waals surface area contributed by atoms with Crippen molar-refractivity contribution in [3.63, 3.8) is 0 Å². The lowest BCUT2D eigenvalue weighted by atomic mass is 9.69. The number of alkyl halides is 3. The number of ether oxygens (including phenoxy) is 1. The van der Waals surface area contributed by atoms with Crippen LogP contribution in [-0.2, 0) is 9.53 Å². The Hall–Kier alpha value is -1.78. The van der Waals surface area contributed by atoms with Crippen molar-refractivity contribution in [2.75, 3.05) is 7.11 Å². The van der Waals surface area contributed by atoms with Crippen molar-refractivity contribution in [3.05, 3.63) is 42.0 Å². The fourth-order valence-corrected chi connectivity index (χ4v) is 2.92. The predicted molar refractivity (Wildman–Crippen MR) is 89.4 cm³/mol. The number of methoxy groups -OCH3 is 1. The highest BCUT2D eigenvalue weighted by atomic mass is 19.4. The first-order chi connectivity index (χ1) is 11.3. The first-order valence-electron chi connectivity index (χ1n) is 8.22. The number of halogens is 3. The largest absolute Gasteiger partial charge is 0.469 e. The molecule has 0 radical (unpaired) electrons. The van der Waals surface area contributed by atoms with Crippen LogP contribution < -0.4 is 0 Å². The van der Waals surface area contributed by atoms with Crippen LogP contribution in [0.5, 0.6) is 0 Å². The van der Waals surface area contributed by atoms with Crippen molar-refractivity contribution >= 4 is 11.5 Å². The van der Waals surface area contributed by atoms with E-state index >= 15 is 0 Å². The van der Waals surface area contributed by atoms with E-state index in [9.17, 15) is 18.0 Å². The summed E-state index contributed by atoms with van der Waals surface area (Å²) in [4.78, 5) is 11.8. The number of allylic oxidation sites excluding steroid dienone is 2. The van der Waals surface area contributed by atoms with E-state index in [0.29, 0.717) is 24.8 Å². The molecule has 24 heavy (non-hydrogen) atoms. The molecular formula is C19H25F3O2. The van der Waals surface area contributed by atoms with Crippen LogP contribution in [-0.4, -0.2) is 19.3 Å². The van der Waals surface area contributed by atoms with Gasteiger partial charge in [0.1, 0.15) is 5.41 Å². The van der Waals surface area contributed by atoms with Crippen LogP contribution in [0.2, 0.25) is 0 Å². The van der Waals surface area contributed by atoms with Gasteiger partial charge >= 0.3 is 12.1 Å². The maximum absolute atomic E-state index is 14.2. The van der Waals surface area contributed by atoms with Gasteiger partial charge in [-0.25, -0.2) is 0 Å². The van der Waals surface area contributed by atoms with Crippen molar-refractivity contribution in [1.82, 2.24) is 0 Å². The van der Waals surface area contributed by atoms with Gasteiger partial charge in [-0.1, -0.05) is 63.1 Å². The molecule has 0 aliphatic heterocycles. The molecule has 0 fully saturated rings. The van der Waals surface area contributed by atoms with Crippen LogP contribution in [0.1, 0.15) is 51.5 Å². The first kappa shape index (κ1) is 20.3. The van der Waals surface area contributed by atoms with E-state index in [1.165, 1.54) is 0 Å². The number of carbonyl (C=O) groups excluding carboxylic acids is 1. The van der Waals surface area contributed by atoms with E-state index in [1.54, 1.807) is 43.3 Å². The zero-order chi connectivity index (χ0) is 18.2. The number of carbonyl (C=O) groups is 1. The molecule has 1 atom stereocenters. The Morgan fingerprint density at radius 3 is 2.25 bits per heavy atom. The summed E-state index contributed by atoms with van der Waals surface area (Å²) in [5.41, 5.74) is -1.57. The molecule has 0 aromatic heterocycles. The number of esters is 1. The highest BCUT2D eigenvalue weighted by Gasteiger charge is 2.57. The second kappa shape index (κ2) is 8.90. The Bertz CT molecular complexity index is 549. The fraction of sp³-hybridized carbons (Fsp3) is 0.526. The summed E-state index contributed by atoms with van der Waals surface area (Å²) in [5.74, 6) is -0.846. The first-order valence-corrected chi connectivity index (χ1v) is 8.22. The average molecular weight is 342 g/mol. The quantitative estimate of drug-likeness (QED) is 0.560. The Kier molecular flexibility index (Phi) is 7.52. The van der Waals surface area contributed by atoms with Crippen LogP contribution >= 0.6 is 0 Å². The molecule has 0 spiro atoms. The van der Waals surface area contributed by atoms with Gasteiger partial charge in [0, 0.05) is 0 Å². The number of unbranched alkanes of at least 4 members (excludes halogenated alkanes) is 1. The summed E-state index contributed by atoms with van der Waals surface area (Å²) in [5, 5.41) is 0. The Labute approximate surface area is 141 Å². The van der Waals surface area contributed by atoms with Gasteiger partial charge in [-0.3, -0.25) is 4.79 Å². The van der Waals surface area contributed by atoms with E-state index in [-0.39, 0.29) is 12.0 Å². The van der Waals surface area contributed by atoms with Gasteiger partial charge in [0.25, 0.3) is 0 Å². The van der Waals surface area contributed by atoms with Crippen molar-refractivity contribution in [2.24, 2.45) is 5.41 Å². The third-order valence-electron chi connectivity index (χ3n) is 4.18. The molecule has 134 valence electrons. The van der Waals surface area contributed by atoms with Crippen LogP contribution in [0.15, 0.2) is 36.4 Å². The minimum Gasteiger partial charge on any atom is -0.469 e. The van der Waals surface area contributed by atoms with Gasteiger partial charge in [0.15, 0.2) is 0 Å². The lowest BCUT2D eigenvalue weighted by molar-refractivity contribution is -0.210. The normalized spacial score (nSPS) is 15.0. The third-order valence-corrected chi connectivity index (χ3v) is 4.18. The number of hydrogen-bond acceptors (Lipinski definition) is 2. The molecule has 0 saturated heterocycles. The molecule has 1 rings (SSSR count). The maximum Gasteiger partial charge on any atom is 0.399 e. The van der Waals surface area contributed by atoms with Crippen LogP contribution in [0, 0.1) is 5.41 Å². The Morgan fingerprint density at radius 2 is 1.79 bits per heavy atom. The Balaban J connectivity index is 3.55. The standard InChI is InChI=1S/C19H25F3O2/c1-4-6-13-18(19(20,21)22,14-17(23)24-3)16(10-5-2)15-11-8-7-9-12-15/h7-12H,4-6,13-14H2,1-3H3/b16-10+. The minimum absolute atomic E-state index is 0.136. The third kappa shape index (κ3) is 4.62. The maximum atomic E-state index is 14.2. The van der Waals surface area contributed by atoms with E-state index in [0.717, 1.165) is 7.11 Å². The summed E-state index contributed by atoms with van der Waals surface area (Å²) < 4.78 is 47.2. The SMILES string of the molecule is CC/C=C(\c1ccccc1)C(CCCC)(CC(=O)OC)C(F)(F)F. The molecule has 1 unspecified atom stereocenters. The lowest BCUT2D eigenvalue weighted by Crippen LogP contribution is -2.41. The number of benzene rings is 1. The molecule has 2 nitrogen and oxygen atoms in total. The summed E-state index contributed by atoms with van der Waals surface area (Å²) in [7, 11) is 1.12. The zero-order valence-corrected chi connectivity index (χ0v) is 14.5. The topological polar surface area (TPSA) is 26.3 Å². The molecule has 0 amide bonds. The van der Waals surface area contributed by atoms with Crippen molar-refractivity contribution in [3.8, 4) is 0 Å². The van der Waals surface area contributed by atoms with E-state index in [4.69, 9.17) is 0 Å². The van der Waals surface area contributed by atoms with E-state index < -0.39 is 24.0 Å². The minimum atomic E-state index is -4.55. The van der Waals surface area contributed by atoms with Crippen molar-refractivity contribution in [1.29, 1.82) is 0 Å². The van der Waals surface area contributed by atoms with Gasteiger partial charge in [0.05, 0.1) is 13.5 Å². The average Bonchev–Trinajstić information content (AvgIpc) is 2.56. The molecule has 0 aliphatic carbocycles. The lowest BCUT2D eigenvalue weighted by Gasteiger charge is -2.38. The molecule has 0 N–H and O–H groups in total. The van der Waals surface area contributed by atoms with Crippen LogP contribution in [0.25, 0.3) is 5.57 Å². The zero-order valence-electron chi connectivity index (χ0n) is 14.5. The summed E-state index contributed by atoms with van der Waals surface area (Å²) >= 11 is 0. The predicted octanol–water partition coefficient (Wildman–Crippen LogP) is 5.78. The fourth-order valence-electron chi connectivity index (χ4n) is 2.92.